The maximum atomic E-state index is 5.54. The molecule has 0 aliphatic rings. The second-order valence-corrected chi connectivity index (χ2v) is 7.22. The summed E-state index contributed by atoms with van der Waals surface area (Å²) in [6.45, 7) is 3.38. The Balaban J connectivity index is 2.09. The summed E-state index contributed by atoms with van der Waals surface area (Å²) in [5.41, 5.74) is 3.22. The lowest BCUT2D eigenvalue weighted by molar-refractivity contribution is 0.353. The summed E-state index contributed by atoms with van der Waals surface area (Å²) in [7, 11) is 12.0. The van der Waals surface area contributed by atoms with Gasteiger partial charge < -0.3 is 33.9 Å². The van der Waals surface area contributed by atoms with E-state index in [1.54, 1.807) is 42.6 Å². The van der Waals surface area contributed by atoms with E-state index in [-0.39, 0.29) is 0 Å². The molecule has 1 N–H and O–H groups in total. The first-order chi connectivity index (χ1) is 15.4. The largest absolute Gasteiger partial charge is 0.496 e. The first kappa shape index (κ1) is 25.0. The number of benzene rings is 2. The minimum atomic E-state index is 0.654. The van der Waals surface area contributed by atoms with E-state index in [0.717, 1.165) is 39.9 Å². The summed E-state index contributed by atoms with van der Waals surface area (Å²) < 4.78 is 27.3. The molecule has 0 spiro atoms. The van der Waals surface area contributed by atoms with E-state index in [1.165, 1.54) is 0 Å². The van der Waals surface area contributed by atoms with Crippen LogP contribution in [0.2, 0.25) is 0 Å². The van der Waals surface area contributed by atoms with Gasteiger partial charge in [-0.3, -0.25) is 4.99 Å². The van der Waals surface area contributed by atoms with Crippen LogP contribution in [0.4, 0.5) is 0 Å². The second kappa shape index (κ2) is 11.9. The molecule has 32 heavy (non-hydrogen) atoms. The van der Waals surface area contributed by atoms with Gasteiger partial charge in [-0.25, -0.2) is 0 Å². The second-order valence-electron chi connectivity index (χ2n) is 7.22. The van der Waals surface area contributed by atoms with Gasteiger partial charge in [-0.2, -0.15) is 0 Å². The van der Waals surface area contributed by atoms with Crippen molar-refractivity contribution >= 4 is 5.96 Å². The molecule has 0 radical (unpaired) electrons. The molecular weight excluding hydrogens is 410 g/mol. The first-order valence-electron chi connectivity index (χ1n) is 10.3. The molecule has 2 aromatic rings. The van der Waals surface area contributed by atoms with Crippen LogP contribution in [0, 0.1) is 6.92 Å². The molecule has 0 bridgehead atoms. The molecule has 0 aromatic heterocycles. The van der Waals surface area contributed by atoms with Crippen LogP contribution in [0.3, 0.4) is 0 Å². The molecule has 0 saturated carbocycles. The lowest BCUT2D eigenvalue weighted by atomic mass is 10.1. The smallest absolute Gasteiger partial charge is 0.193 e. The molecule has 0 aliphatic carbocycles. The van der Waals surface area contributed by atoms with E-state index in [2.05, 4.69) is 22.1 Å². The number of ether oxygens (including phenoxy) is 5. The Hall–Kier alpha value is -3.29. The SMILES string of the molecule is CN=C(NCCc1c(OC)cc(OC)cc1OC)N(C)Cc1cc(OC)c(OC)cc1C. The van der Waals surface area contributed by atoms with Gasteiger partial charge in [0.1, 0.15) is 17.2 Å². The van der Waals surface area contributed by atoms with Crippen LogP contribution in [0.5, 0.6) is 28.7 Å². The Labute approximate surface area is 191 Å². The third kappa shape index (κ3) is 5.90. The number of hydrogen-bond acceptors (Lipinski definition) is 6. The number of aliphatic imine (C=N–C) groups is 1. The third-order valence-corrected chi connectivity index (χ3v) is 5.30. The van der Waals surface area contributed by atoms with Crippen LogP contribution in [0.1, 0.15) is 16.7 Å². The Morgan fingerprint density at radius 1 is 0.844 bits per heavy atom. The normalized spacial score (nSPS) is 11.1. The Morgan fingerprint density at radius 2 is 1.41 bits per heavy atom. The zero-order chi connectivity index (χ0) is 23.7. The van der Waals surface area contributed by atoms with Gasteiger partial charge in [0.25, 0.3) is 0 Å². The van der Waals surface area contributed by atoms with Crippen LogP contribution < -0.4 is 29.0 Å². The van der Waals surface area contributed by atoms with Crippen LogP contribution in [-0.2, 0) is 13.0 Å². The molecule has 0 saturated heterocycles. The topological polar surface area (TPSA) is 73.8 Å². The number of hydrogen-bond donors (Lipinski definition) is 1. The molecule has 176 valence electrons. The fourth-order valence-corrected chi connectivity index (χ4v) is 3.53. The van der Waals surface area contributed by atoms with Crippen molar-refractivity contribution < 1.29 is 23.7 Å². The predicted molar refractivity (Wildman–Crippen MR) is 127 cm³/mol. The molecule has 8 heteroatoms. The number of nitrogens with zero attached hydrogens (tertiary/aromatic N) is 2. The summed E-state index contributed by atoms with van der Waals surface area (Å²) in [6.07, 6.45) is 0.693. The van der Waals surface area contributed by atoms with Crippen LogP contribution in [0.25, 0.3) is 0 Å². The van der Waals surface area contributed by atoms with Gasteiger partial charge in [-0.1, -0.05) is 0 Å². The zero-order valence-corrected chi connectivity index (χ0v) is 20.4. The van der Waals surface area contributed by atoms with Crippen molar-refractivity contribution in [2.75, 3.05) is 56.2 Å². The summed E-state index contributed by atoms with van der Waals surface area (Å²) in [6, 6.07) is 7.71. The Morgan fingerprint density at radius 3 is 1.91 bits per heavy atom. The lowest BCUT2D eigenvalue weighted by Gasteiger charge is -2.24. The van der Waals surface area contributed by atoms with E-state index in [1.807, 2.05) is 31.3 Å². The average Bonchev–Trinajstić information content (AvgIpc) is 2.82. The Bertz CT molecular complexity index is 905. The highest BCUT2D eigenvalue weighted by Crippen LogP contribution is 2.34. The molecule has 0 aliphatic heterocycles. The van der Waals surface area contributed by atoms with E-state index in [9.17, 15) is 0 Å². The maximum Gasteiger partial charge on any atom is 0.193 e. The fraction of sp³-hybridized carbons (Fsp3) is 0.458. The van der Waals surface area contributed by atoms with Crippen LogP contribution in [-0.4, -0.2) is 67.0 Å². The quantitative estimate of drug-likeness (QED) is 0.444. The Kier molecular flexibility index (Phi) is 9.31. The molecule has 2 aromatic carbocycles. The zero-order valence-electron chi connectivity index (χ0n) is 20.4. The van der Waals surface area contributed by atoms with Crippen molar-refractivity contribution in [1.82, 2.24) is 10.2 Å². The lowest BCUT2D eigenvalue weighted by Crippen LogP contribution is -2.39. The number of guanidine groups is 1. The van der Waals surface area contributed by atoms with Crippen molar-refractivity contribution in [2.24, 2.45) is 4.99 Å². The van der Waals surface area contributed by atoms with Gasteiger partial charge in [-0.05, 0) is 36.6 Å². The van der Waals surface area contributed by atoms with Gasteiger partial charge in [0.05, 0.1) is 35.5 Å². The molecule has 0 fully saturated rings. The summed E-state index contributed by atoms with van der Waals surface area (Å²) in [5, 5.41) is 3.42. The van der Waals surface area contributed by atoms with E-state index < -0.39 is 0 Å². The molecule has 0 atom stereocenters. The molecule has 8 nitrogen and oxygen atoms in total. The number of rotatable bonds is 10. The number of aryl methyl sites for hydroxylation is 1. The van der Waals surface area contributed by atoms with Crippen molar-refractivity contribution in [3.8, 4) is 28.7 Å². The monoisotopic (exact) mass is 445 g/mol. The van der Waals surface area contributed by atoms with E-state index in [0.29, 0.717) is 31.0 Å². The maximum absolute atomic E-state index is 5.54. The van der Waals surface area contributed by atoms with Crippen molar-refractivity contribution in [3.05, 3.63) is 41.0 Å². The first-order valence-corrected chi connectivity index (χ1v) is 10.3. The van der Waals surface area contributed by atoms with Crippen LogP contribution in [0.15, 0.2) is 29.3 Å². The summed E-state index contributed by atoms with van der Waals surface area (Å²) in [5.74, 6) is 4.37. The molecule has 2 rings (SSSR count). The minimum Gasteiger partial charge on any atom is -0.496 e. The number of methoxy groups -OCH3 is 5. The van der Waals surface area contributed by atoms with Crippen molar-refractivity contribution in [3.63, 3.8) is 0 Å². The fourth-order valence-electron chi connectivity index (χ4n) is 3.53. The molecular formula is C24H35N3O5. The summed E-state index contributed by atoms with van der Waals surface area (Å²) >= 11 is 0. The van der Waals surface area contributed by atoms with Gasteiger partial charge >= 0.3 is 0 Å². The molecule has 0 heterocycles. The molecule has 0 amide bonds. The summed E-state index contributed by atoms with van der Waals surface area (Å²) in [4.78, 5) is 6.49. The van der Waals surface area contributed by atoms with Gasteiger partial charge in [0.15, 0.2) is 17.5 Å². The van der Waals surface area contributed by atoms with Crippen molar-refractivity contribution in [1.29, 1.82) is 0 Å². The van der Waals surface area contributed by atoms with Crippen LogP contribution >= 0.6 is 0 Å². The van der Waals surface area contributed by atoms with E-state index in [4.69, 9.17) is 23.7 Å². The highest BCUT2D eigenvalue weighted by atomic mass is 16.5. The minimum absolute atomic E-state index is 0.654. The highest BCUT2D eigenvalue weighted by Gasteiger charge is 2.15. The number of nitrogens with one attached hydrogen (secondary N) is 1. The van der Waals surface area contributed by atoms with Gasteiger partial charge in [-0.15, -0.1) is 0 Å². The average molecular weight is 446 g/mol. The predicted octanol–water partition coefficient (Wildman–Crippen LogP) is 3.29. The third-order valence-electron chi connectivity index (χ3n) is 5.30. The van der Waals surface area contributed by atoms with E-state index >= 15 is 0 Å². The van der Waals surface area contributed by atoms with Crippen molar-refractivity contribution in [2.45, 2.75) is 19.9 Å². The van der Waals surface area contributed by atoms with Gasteiger partial charge in [0, 0.05) is 44.9 Å². The van der Waals surface area contributed by atoms with Gasteiger partial charge in [0.2, 0.25) is 0 Å². The molecule has 0 unspecified atom stereocenters. The standard InChI is InChI=1S/C24H35N3O5/c1-16-11-22(31-7)23(32-8)12-17(16)15-27(3)24(25-2)26-10-9-19-20(29-5)13-18(28-4)14-21(19)30-6/h11-14H,9-10,15H2,1-8H3,(H,25,26). The highest BCUT2D eigenvalue weighted by molar-refractivity contribution is 5.79.